The largest absolute Gasteiger partial charge is 2.00 e. The van der Waals surface area contributed by atoms with Crippen LogP contribution in [0.1, 0.15) is 4.11 Å². The van der Waals surface area contributed by atoms with Crippen molar-refractivity contribution in [2.75, 3.05) is 0 Å². The molecule has 0 aromatic rings. The van der Waals surface area contributed by atoms with Crippen LogP contribution in [-0.4, -0.2) is 23.1 Å². The molecule has 0 aromatic carbocycles. The van der Waals surface area contributed by atoms with E-state index in [1.54, 1.807) is 0 Å². The van der Waals surface area contributed by atoms with Gasteiger partial charge in [0.1, 0.15) is 0 Å². The van der Waals surface area contributed by atoms with Gasteiger partial charge in [0.15, 0.2) is 0 Å². The smallest absolute Gasteiger partial charge is 1.00 e. The molecule has 0 aliphatic heterocycles. The fraction of sp³-hybridized carbons (Fsp3) is 0. The van der Waals surface area contributed by atoms with E-state index < -0.39 is 7.35 Å². The minimum absolute atomic E-state index is 0. The van der Waals surface area contributed by atoms with Crippen LogP contribution in [0, 0.1) is 7.35 Å². The van der Waals surface area contributed by atoms with Crippen LogP contribution >= 0.6 is 0 Å². The van der Waals surface area contributed by atoms with Crippen molar-refractivity contribution in [3.05, 3.63) is 7.35 Å². The first kappa shape index (κ1) is 10.7. The van der Waals surface area contributed by atoms with Crippen LogP contribution in [-0.2, 0) is 17.1 Å². The second-order valence-corrected chi connectivity index (χ2v) is 0. The summed E-state index contributed by atoms with van der Waals surface area (Å²) >= 11 is 0. The molecular weight excluding hydrogens is 354 g/mol. The molecule has 0 saturated heterocycles. The molecule has 0 aliphatic carbocycles. The maximum atomic E-state index is 5.83. The van der Waals surface area contributed by atoms with Gasteiger partial charge < -0.3 is 55.3 Å². The standard InChI is InChI=1S/CH3.Cu.2HI.Mg/h1H3;;2*1H;/q-1;+1;;;+2/p-2/i1D3;;;;. The zero-order valence-corrected chi connectivity index (χ0v) is 8.94. The van der Waals surface area contributed by atoms with Gasteiger partial charge in [0.25, 0.3) is 0 Å². The Kier molecular flexibility index (Phi) is 63.1. The van der Waals surface area contributed by atoms with Crippen molar-refractivity contribution in [2.45, 2.75) is 0 Å². The summed E-state index contributed by atoms with van der Waals surface area (Å²) in [5.41, 5.74) is 0. The van der Waals surface area contributed by atoms with Gasteiger partial charge in [-0.25, -0.2) is 4.11 Å². The van der Waals surface area contributed by atoms with Gasteiger partial charge in [0.05, 0.1) is 0 Å². The van der Waals surface area contributed by atoms with E-state index in [9.17, 15) is 0 Å². The fourth-order valence-electron chi connectivity index (χ4n) is 0. The van der Waals surface area contributed by atoms with E-state index in [2.05, 4.69) is 0 Å². The molecule has 0 bridgehead atoms. The molecule has 0 N–H and O–H groups in total. The molecule has 0 rings (SSSR count). The molecule has 0 fully saturated rings. The SMILES string of the molecule is [2H][C-]([2H])[2H].[Cu+].[I-].[I-].[Mg+2]. The fourth-order valence-corrected chi connectivity index (χ4v) is 0. The Morgan fingerprint density at radius 2 is 1.40 bits per heavy atom. The van der Waals surface area contributed by atoms with Gasteiger partial charge in [-0.2, -0.15) is 0 Å². The van der Waals surface area contributed by atoms with Crippen LogP contribution in [0.3, 0.4) is 0 Å². The average Bonchev–Trinajstić information content (AvgIpc) is 0.811. The predicted octanol–water partition coefficient (Wildman–Crippen LogP) is -5.93. The van der Waals surface area contributed by atoms with E-state index >= 15 is 0 Å². The van der Waals surface area contributed by atoms with Crippen molar-refractivity contribution in [3.63, 3.8) is 0 Å². The van der Waals surface area contributed by atoms with Crippen LogP contribution in [0.4, 0.5) is 0 Å². The van der Waals surface area contributed by atoms with Gasteiger partial charge >= 0.3 is 40.1 Å². The summed E-state index contributed by atoms with van der Waals surface area (Å²) in [6.45, 7) is 0. The van der Waals surface area contributed by atoms with E-state index in [-0.39, 0.29) is 88.1 Å². The first-order chi connectivity index (χ1) is 1.73. The molecule has 0 aliphatic rings. The van der Waals surface area contributed by atoms with Crippen LogP contribution in [0.5, 0.6) is 0 Å². The molecule has 0 nitrogen and oxygen atoms in total. The molecule has 4 heteroatoms. The Labute approximate surface area is 98.1 Å². The number of hydrogen-bond acceptors (Lipinski definition) is 0. The van der Waals surface area contributed by atoms with Crippen molar-refractivity contribution in [1.29, 1.82) is 0 Å². The minimum Gasteiger partial charge on any atom is -1.00 e. The molecule has 34 valence electrons. The maximum absolute atomic E-state index is 5.83. The zero-order valence-electron chi connectivity index (χ0n) is 5.26. The van der Waals surface area contributed by atoms with Crippen LogP contribution in [0.15, 0.2) is 0 Å². The molecule has 5 heavy (non-hydrogen) atoms. The molecule has 0 amide bonds. The molecule has 0 spiro atoms. The number of halogens is 2. The van der Waals surface area contributed by atoms with E-state index in [1.807, 2.05) is 0 Å². The van der Waals surface area contributed by atoms with Gasteiger partial charge in [-0.15, -0.1) is 0 Å². The van der Waals surface area contributed by atoms with E-state index in [0.29, 0.717) is 0 Å². The van der Waals surface area contributed by atoms with Crippen LogP contribution < -0.4 is 48.0 Å². The van der Waals surface area contributed by atoms with Gasteiger partial charge in [0, 0.05) is 0 Å². The molecule has 0 saturated carbocycles. The summed E-state index contributed by atoms with van der Waals surface area (Å²) in [5, 5.41) is 0. The Hall–Kier alpha value is 2.75. The van der Waals surface area contributed by atoms with Gasteiger partial charge in [0.2, 0.25) is 0 Å². The first-order valence-electron chi connectivity index (χ1n) is 1.50. The molecule has 0 heterocycles. The van der Waals surface area contributed by atoms with Gasteiger partial charge in [-0.05, 0) is 0 Å². The van der Waals surface area contributed by atoms with Gasteiger partial charge in [-0.3, -0.25) is 0 Å². The second-order valence-electron chi connectivity index (χ2n) is 0. The summed E-state index contributed by atoms with van der Waals surface area (Å²) in [5.74, 6) is 0. The van der Waals surface area contributed by atoms with Crippen molar-refractivity contribution < 1.29 is 69.1 Å². The summed E-state index contributed by atoms with van der Waals surface area (Å²) in [6.07, 6.45) is 0. The monoisotopic (exact) mass is 359 g/mol. The third-order valence-electron chi connectivity index (χ3n) is 0. The number of rotatable bonds is 0. The van der Waals surface area contributed by atoms with Crippen molar-refractivity contribution in [3.8, 4) is 0 Å². The summed E-state index contributed by atoms with van der Waals surface area (Å²) in [4.78, 5) is 0. The Morgan fingerprint density at radius 1 is 1.40 bits per heavy atom. The molecular formula is CH3CuI2Mg. The van der Waals surface area contributed by atoms with E-state index in [4.69, 9.17) is 4.11 Å². The Morgan fingerprint density at radius 3 is 1.40 bits per heavy atom. The first-order valence-corrected chi connectivity index (χ1v) is 0. The minimum atomic E-state index is -0.833. The molecule has 0 unspecified atom stereocenters. The predicted molar refractivity (Wildman–Crippen MR) is 12.2 cm³/mol. The summed E-state index contributed by atoms with van der Waals surface area (Å²) in [7, 11) is -0.833. The normalized spacial score (nSPS) is 7.80. The molecule has 0 aromatic heterocycles. The van der Waals surface area contributed by atoms with Crippen LogP contribution in [0.2, 0.25) is 0 Å². The number of hydrogen-bond donors (Lipinski definition) is 0. The van der Waals surface area contributed by atoms with Crippen LogP contribution in [0.25, 0.3) is 0 Å². The maximum Gasteiger partial charge on any atom is 2.00 e. The summed E-state index contributed by atoms with van der Waals surface area (Å²) in [6, 6.07) is 0. The Balaban J connectivity index is -0.00000000750. The van der Waals surface area contributed by atoms with E-state index in [1.165, 1.54) is 0 Å². The quantitative estimate of drug-likeness (QED) is 0.230. The van der Waals surface area contributed by atoms with Crippen molar-refractivity contribution in [2.24, 2.45) is 0 Å². The van der Waals surface area contributed by atoms with Crippen molar-refractivity contribution >= 4 is 23.1 Å². The van der Waals surface area contributed by atoms with Gasteiger partial charge in [-0.1, -0.05) is 0 Å². The third kappa shape index (κ3) is 20.2. The molecule has 0 radical (unpaired) electrons. The second kappa shape index (κ2) is 29.5. The topological polar surface area (TPSA) is 0 Å². The van der Waals surface area contributed by atoms with E-state index in [0.717, 1.165) is 0 Å². The zero-order chi connectivity index (χ0) is 3.58. The summed E-state index contributed by atoms with van der Waals surface area (Å²) < 4.78 is 17.5. The third-order valence-corrected chi connectivity index (χ3v) is 0. The molecule has 0 atom stereocenters. The Bertz CT molecular complexity index is 22.0. The van der Waals surface area contributed by atoms with Crippen molar-refractivity contribution in [1.82, 2.24) is 0 Å². The average molecular weight is 360 g/mol.